The Balaban J connectivity index is 0. The molecule has 0 aromatic heterocycles. The summed E-state index contributed by atoms with van der Waals surface area (Å²) in [6.07, 6.45) is 2.64. The molecule has 0 atom stereocenters. The van der Waals surface area contributed by atoms with Crippen LogP contribution in [0.5, 0.6) is 0 Å². The van der Waals surface area contributed by atoms with Crippen LogP contribution >= 0.6 is 0 Å². The number of hydrogen-bond donors (Lipinski definition) is 1. The first-order chi connectivity index (χ1) is 7.93. The van der Waals surface area contributed by atoms with Crippen LogP contribution in [0.15, 0.2) is 0 Å². The van der Waals surface area contributed by atoms with Crippen LogP contribution in [0, 0.1) is 0 Å². The lowest BCUT2D eigenvalue weighted by molar-refractivity contribution is -0.143. The number of ether oxygens (including phenoxy) is 2. The maximum atomic E-state index is 10.5. The van der Waals surface area contributed by atoms with Crippen molar-refractivity contribution in [1.82, 2.24) is 0 Å². The van der Waals surface area contributed by atoms with Gasteiger partial charge in [0.1, 0.15) is 0 Å². The van der Waals surface area contributed by atoms with Crippen molar-refractivity contribution in [2.75, 3.05) is 13.2 Å². The fraction of sp³-hybridized carbons (Fsp3) is 0.923. The number of unbranched alkanes of at least 4 members (excludes halogenated alkanes) is 1. The Kier molecular flexibility index (Phi) is 14.8. The zero-order chi connectivity index (χ0) is 13.7. The van der Waals surface area contributed by atoms with E-state index in [0.717, 1.165) is 6.42 Å². The van der Waals surface area contributed by atoms with Gasteiger partial charge < -0.3 is 14.6 Å². The maximum absolute atomic E-state index is 10.5. The van der Waals surface area contributed by atoms with Crippen LogP contribution < -0.4 is 0 Å². The standard InChI is InChI=1S/C7H14O3.C6H14O/c1-2-7(9)10-6-4-3-5-8;1-5(2)7-6(3)4/h8H,2-6H2,1H3;5-6H,1-4H3. The molecule has 0 radical (unpaired) electrons. The van der Waals surface area contributed by atoms with E-state index in [-0.39, 0.29) is 12.6 Å². The molecule has 0 unspecified atom stereocenters. The maximum Gasteiger partial charge on any atom is 0.305 e. The van der Waals surface area contributed by atoms with E-state index >= 15 is 0 Å². The molecule has 0 spiro atoms. The number of carbonyl (C=O) groups is 1. The van der Waals surface area contributed by atoms with Gasteiger partial charge in [0.15, 0.2) is 0 Å². The zero-order valence-electron chi connectivity index (χ0n) is 11.9. The largest absolute Gasteiger partial charge is 0.466 e. The SMILES string of the molecule is CC(C)OC(C)C.CCC(=O)OCCCCO. The third-order valence-corrected chi connectivity index (χ3v) is 1.65. The minimum absolute atomic E-state index is 0.169. The number of esters is 1. The average molecular weight is 248 g/mol. The summed E-state index contributed by atoms with van der Waals surface area (Å²) in [5, 5.41) is 8.35. The molecule has 0 aromatic rings. The van der Waals surface area contributed by atoms with Crippen LogP contribution in [-0.4, -0.2) is 36.5 Å². The fourth-order valence-corrected chi connectivity index (χ4v) is 1.05. The predicted octanol–water partition coefficient (Wildman–Crippen LogP) is 2.53. The number of hydrogen-bond acceptors (Lipinski definition) is 4. The summed E-state index contributed by atoms with van der Waals surface area (Å²) in [7, 11) is 0. The van der Waals surface area contributed by atoms with Crippen molar-refractivity contribution in [2.24, 2.45) is 0 Å². The summed E-state index contributed by atoms with van der Waals surface area (Å²) in [4.78, 5) is 10.5. The normalized spacial score (nSPS) is 10.1. The molecule has 4 nitrogen and oxygen atoms in total. The van der Waals surface area contributed by atoms with Crippen molar-refractivity contribution in [3.63, 3.8) is 0 Å². The van der Waals surface area contributed by atoms with Crippen molar-refractivity contribution in [2.45, 2.75) is 66.1 Å². The monoisotopic (exact) mass is 248 g/mol. The van der Waals surface area contributed by atoms with E-state index in [1.54, 1.807) is 6.92 Å². The first-order valence-electron chi connectivity index (χ1n) is 6.35. The van der Waals surface area contributed by atoms with Crippen LogP contribution in [0.4, 0.5) is 0 Å². The highest BCUT2D eigenvalue weighted by Gasteiger charge is 1.95. The van der Waals surface area contributed by atoms with Crippen LogP contribution in [-0.2, 0) is 14.3 Å². The molecule has 0 fully saturated rings. The summed E-state index contributed by atoms with van der Waals surface area (Å²) in [5.41, 5.74) is 0. The smallest absolute Gasteiger partial charge is 0.305 e. The van der Waals surface area contributed by atoms with Gasteiger partial charge in [-0.3, -0.25) is 4.79 Å². The van der Waals surface area contributed by atoms with Gasteiger partial charge in [0.05, 0.1) is 18.8 Å². The molecule has 0 aliphatic heterocycles. The zero-order valence-corrected chi connectivity index (χ0v) is 11.9. The summed E-state index contributed by atoms with van der Waals surface area (Å²) in [6.45, 7) is 10.5. The van der Waals surface area contributed by atoms with Gasteiger partial charge in [0, 0.05) is 13.0 Å². The van der Waals surface area contributed by atoms with Crippen molar-refractivity contribution < 1.29 is 19.4 Å². The van der Waals surface area contributed by atoms with E-state index in [9.17, 15) is 4.79 Å². The summed E-state index contributed by atoms with van der Waals surface area (Å²) in [6, 6.07) is 0. The molecule has 0 heterocycles. The Morgan fingerprint density at radius 1 is 1.12 bits per heavy atom. The first-order valence-corrected chi connectivity index (χ1v) is 6.35. The number of rotatable bonds is 7. The topological polar surface area (TPSA) is 55.8 Å². The average Bonchev–Trinajstić information content (AvgIpc) is 2.23. The van der Waals surface area contributed by atoms with E-state index in [1.807, 2.05) is 27.7 Å². The van der Waals surface area contributed by atoms with Crippen LogP contribution in [0.2, 0.25) is 0 Å². The lowest BCUT2D eigenvalue weighted by Gasteiger charge is -2.09. The molecule has 0 amide bonds. The van der Waals surface area contributed by atoms with Crippen LogP contribution in [0.3, 0.4) is 0 Å². The Labute approximate surface area is 105 Å². The van der Waals surface area contributed by atoms with Crippen molar-refractivity contribution in [1.29, 1.82) is 0 Å². The van der Waals surface area contributed by atoms with Gasteiger partial charge >= 0.3 is 5.97 Å². The molecule has 1 N–H and O–H groups in total. The molecule has 0 bridgehead atoms. The minimum atomic E-state index is -0.169. The molecule has 0 aliphatic rings. The molecule has 0 aliphatic carbocycles. The van der Waals surface area contributed by atoms with Gasteiger partial charge in [-0.1, -0.05) is 6.92 Å². The Hall–Kier alpha value is -0.610. The molecule has 0 rings (SSSR count). The third-order valence-electron chi connectivity index (χ3n) is 1.65. The van der Waals surface area contributed by atoms with Gasteiger partial charge in [-0.05, 0) is 40.5 Å². The van der Waals surface area contributed by atoms with E-state index < -0.39 is 0 Å². The van der Waals surface area contributed by atoms with E-state index in [1.165, 1.54) is 0 Å². The second-order valence-corrected chi connectivity index (χ2v) is 4.24. The Morgan fingerprint density at radius 2 is 1.65 bits per heavy atom. The molecular formula is C13H28O4. The fourth-order valence-electron chi connectivity index (χ4n) is 1.05. The number of aliphatic hydroxyl groups excluding tert-OH is 1. The highest BCUT2D eigenvalue weighted by atomic mass is 16.5. The van der Waals surface area contributed by atoms with E-state index in [2.05, 4.69) is 0 Å². The summed E-state index contributed by atoms with van der Waals surface area (Å²) >= 11 is 0. The van der Waals surface area contributed by atoms with Crippen molar-refractivity contribution in [3.05, 3.63) is 0 Å². The summed E-state index contributed by atoms with van der Waals surface area (Å²) < 4.78 is 9.99. The van der Waals surface area contributed by atoms with Gasteiger partial charge in [0.25, 0.3) is 0 Å². The number of aliphatic hydroxyl groups is 1. The lowest BCUT2D eigenvalue weighted by Crippen LogP contribution is -2.09. The minimum Gasteiger partial charge on any atom is -0.466 e. The lowest BCUT2D eigenvalue weighted by atomic mass is 10.3. The quantitative estimate of drug-likeness (QED) is 0.555. The molecule has 0 aromatic carbocycles. The van der Waals surface area contributed by atoms with Gasteiger partial charge in [-0.2, -0.15) is 0 Å². The van der Waals surface area contributed by atoms with E-state index in [0.29, 0.717) is 31.7 Å². The van der Waals surface area contributed by atoms with Crippen LogP contribution in [0.1, 0.15) is 53.9 Å². The summed E-state index contributed by atoms with van der Waals surface area (Å²) in [5.74, 6) is -0.169. The van der Waals surface area contributed by atoms with Gasteiger partial charge in [0.2, 0.25) is 0 Å². The Morgan fingerprint density at radius 3 is 1.94 bits per heavy atom. The van der Waals surface area contributed by atoms with Crippen molar-refractivity contribution in [3.8, 4) is 0 Å². The van der Waals surface area contributed by atoms with Crippen LogP contribution in [0.25, 0.3) is 0 Å². The second kappa shape index (κ2) is 13.5. The van der Waals surface area contributed by atoms with Gasteiger partial charge in [-0.25, -0.2) is 0 Å². The second-order valence-electron chi connectivity index (χ2n) is 4.24. The molecule has 4 heteroatoms. The highest BCUT2D eigenvalue weighted by Crippen LogP contribution is 1.93. The van der Waals surface area contributed by atoms with Gasteiger partial charge in [-0.15, -0.1) is 0 Å². The van der Waals surface area contributed by atoms with Crippen molar-refractivity contribution >= 4 is 5.97 Å². The molecular weight excluding hydrogens is 220 g/mol. The molecule has 0 saturated heterocycles. The molecule has 104 valence electrons. The first kappa shape index (κ1) is 18.7. The Bertz CT molecular complexity index is 161. The molecule has 0 saturated carbocycles. The third kappa shape index (κ3) is 21.3. The predicted molar refractivity (Wildman–Crippen MR) is 68.9 cm³/mol. The van der Waals surface area contributed by atoms with E-state index in [4.69, 9.17) is 14.6 Å². The molecule has 17 heavy (non-hydrogen) atoms. The highest BCUT2D eigenvalue weighted by molar-refractivity contribution is 5.68. The number of carbonyl (C=O) groups excluding carboxylic acids is 1.